The van der Waals surface area contributed by atoms with E-state index in [9.17, 15) is 0 Å². The van der Waals surface area contributed by atoms with Gasteiger partial charge in [0, 0.05) is 14.2 Å². The maximum absolute atomic E-state index is 5.24. The van der Waals surface area contributed by atoms with Crippen molar-refractivity contribution >= 4 is 0 Å². The molecule has 0 radical (unpaired) electrons. The molecule has 1 heterocycles. The maximum Gasteiger partial charge on any atom is 0.111 e. The first kappa shape index (κ1) is 9.29. The predicted octanol–water partition coefficient (Wildman–Crippen LogP) is 1.66. The highest BCUT2D eigenvalue weighted by Crippen LogP contribution is 2.16. The molecule has 0 N–H and O–H groups in total. The lowest BCUT2D eigenvalue weighted by molar-refractivity contribution is 0.108. The van der Waals surface area contributed by atoms with Crippen LogP contribution in [0.2, 0.25) is 0 Å². The largest absolute Gasteiger partial charge is 0.469 e. The summed E-state index contributed by atoms with van der Waals surface area (Å²) in [5.41, 5.74) is 0. The summed E-state index contributed by atoms with van der Waals surface area (Å²) in [5.74, 6) is 1.12. The van der Waals surface area contributed by atoms with E-state index >= 15 is 0 Å². The van der Waals surface area contributed by atoms with E-state index in [4.69, 9.17) is 13.9 Å². The summed E-state index contributed by atoms with van der Waals surface area (Å²) in [4.78, 5) is 0. The Bertz CT molecular complexity index is 188. The Balaban J connectivity index is 2.53. The normalized spacial score (nSPS) is 10.9. The summed E-state index contributed by atoms with van der Waals surface area (Å²) in [5, 5.41) is 0. The molecule has 0 aliphatic heterocycles. The monoisotopic (exact) mass is 170 g/mol. The fourth-order valence-corrected chi connectivity index (χ4v) is 1.14. The van der Waals surface area contributed by atoms with Gasteiger partial charge in [0.2, 0.25) is 0 Å². The van der Waals surface area contributed by atoms with Crippen molar-refractivity contribution in [2.45, 2.75) is 5.92 Å². The smallest absolute Gasteiger partial charge is 0.111 e. The molecule has 0 aromatic carbocycles. The van der Waals surface area contributed by atoms with E-state index in [1.54, 1.807) is 20.5 Å². The molecule has 0 fully saturated rings. The zero-order chi connectivity index (χ0) is 8.81. The number of rotatable bonds is 5. The van der Waals surface area contributed by atoms with E-state index in [2.05, 4.69) is 0 Å². The fourth-order valence-electron chi connectivity index (χ4n) is 1.14. The van der Waals surface area contributed by atoms with E-state index in [1.165, 1.54) is 0 Å². The third-order valence-corrected chi connectivity index (χ3v) is 1.68. The van der Waals surface area contributed by atoms with E-state index < -0.39 is 0 Å². The molecule has 3 nitrogen and oxygen atoms in total. The molecule has 0 amide bonds. The lowest BCUT2D eigenvalue weighted by Gasteiger charge is -2.11. The van der Waals surface area contributed by atoms with E-state index in [0.717, 1.165) is 5.76 Å². The minimum absolute atomic E-state index is 0.204. The van der Waals surface area contributed by atoms with Crippen LogP contribution in [0.5, 0.6) is 0 Å². The van der Waals surface area contributed by atoms with Crippen LogP contribution >= 0.6 is 0 Å². The predicted molar refractivity (Wildman–Crippen MR) is 45.2 cm³/mol. The third kappa shape index (κ3) is 2.36. The number of hydrogen-bond donors (Lipinski definition) is 0. The molecule has 0 aliphatic carbocycles. The second kappa shape index (κ2) is 4.95. The summed E-state index contributed by atoms with van der Waals surface area (Å²) in [6.45, 7) is 1.25. The average Bonchev–Trinajstić information content (AvgIpc) is 2.56. The Hall–Kier alpha value is -0.800. The van der Waals surface area contributed by atoms with Crippen molar-refractivity contribution in [1.82, 2.24) is 0 Å². The van der Waals surface area contributed by atoms with Gasteiger partial charge in [-0.2, -0.15) is 0 Å². The Kier molecular flexibility index (Phi) is 3.84. The van der Waals surface area contributed by atoms with Crippen LogP contribution in [0.25, 0.3) is 0 Å². The molecule has 0 atom stereocenters. The topological polar surface area (TPSA) is 31.6 Å². The summed E-state index contributed by atoms with van der Waals surface area (Å²) in [7, 11) is 3.34. The highest BCUT2D eigenvalue weighted by atomic mass is 16.5. The van der Waals surface area contributed by atoms with Gasteiger partial charge in [0.25, 0.3) is 0 Å². The van der Waals surface area contributed by atoms with Gasteiger partial charge in [0.05, 0.1) is 25.4 Å². The van der Waals surface area contributed by atoms with Crippen LogP contribution in [0.3, 0.4) is 0 Å². The van der Waals surface area contributed by atoms with Crippen molar-refractivity contribution in [3.63, 3.8) is 0 Å². The zero-order valence-electron chi connectivity index (χ0n) is 7.45. The number of hydrogen-bond acceptors (Lipinski definition) is 3. The molecule has 1 rings (SSSR count). The van der Waals surface area contributed by atoms with Gasteiger partial charge in [-0.15, -0.1) is 0 Å². The van der Waals surface area contributed by atoms with E-state index in [0.29, 0.717) is 13.2 Å². The van der Waals surface area contributed by atoms with Gasteiger partial charge in [0.15, 0.2) is 0 Å². The summed E-state index contributed by atoms with van der Waals surface area (Å²) in [6, 6.07) is 3.80. The van der Waals surface area contributed by atoms with Gasteiger partial charge in [0.1, 0.15) is 5.76 Å². The Morgan fingerprint density at radius 3 is 2.42 bits per heavy atom. The summed E-state index contributed by atoms with van der Waals surface area (Å²) < 4.78 is 15.3. The summed E-state index contributed by atoms with van der Waals surface area (Å²) >= 11 is 0. The molecule has 12 heavy (non-hydrogen) atoms. The van der Waals surface area contributed by atoms with Gasteiger partial charge in [-0.3, -0.25) is 0 Å². The van der Waals surface area contributed by atoms with Crippen molar-refractivity contribution in [1.29, 1.82) is 0 Å². The first-order chi connectivity index (χ1) is 5.88. The Morgan fingerprint density at radius 1 is 1.33 bits per heavy atom. The van der Waals surface area contributed by atoms with Crippen molar-refractivity contribution in [3.05, 3.63) is 24.2 Å². The standard InChI is InChI=1S/C9H14O3/c1-10-6-8(7-11-2)9-4-3-5-12-9/h3-5,8H,6-7H2,1-2H3. The average molecular weight is 170 g/mol. The highest BCUT2D eigenvalue weighted by Gasteiger charge is 2.13. The minimum Gasteiger partial charge on any atom is -0.469 e. The first-order valence-corrected chi connectivity index (χ1v) is 3.89. The SMILES string of the molecule is COCC(COC)c1ccco1. The summed E-state index contributed by atoms with van der Waals surface area (Å²) in [6.07, 6.45) is 1.66. The zero-order valence-corrected chi connectivity index (χ0v) is 7.45. The van der Waals surface area contributed by atoms with E-state index in [-0.39, 0.29) is 5.92 Å². The van der Waals surface area contributed by atoms with Gasteiger partial charge in [-0.1, -0.05) is 0 Å². The highest BCUT2D eigenvalue weighted by molar-refractivity contribution is 5.05. The lowest BCUT2D eigenvalue weighted by Crippen LogP contribution is -2.11. The van der Waals surface area contributed by atoms with Crippen LogP contribution in [-0.4, -0.2) is 27.4 Å². The van der Waals surface area contributed by atoms with Crippen molar-refractivity contribution in [2.24, 2.45) is 0 Å². The van der Waals surface area contributed by atoms with Gasteiger partial charge < -0.3 is 13.9 Å². The van der Waals surface area contributed by atoms with Crippen LogP contribution in [0.1, 0.15) is 11.7 Å². The molecule has 1 aromatic heterocycles. The first-order valence-electron chi connectivity index (χ1n) is 3.89. The Morgan fingerprint density at radius 2 is 2.00 bits per heavy atom. The number of ether oxygens (including phenoxy) is 2. The lowest BCUT2D eigenvalue weighted by atomic mass is 10.1. The molecular formula is C9H14O3. The second-order valence-electron chi connectivity index (χ2n) is 2.62. The van der Waals surface area contributed by atoms with Crippen LogP contribution in [0.4, 0.5) is 0 Å². The molecular weight excluding hydrogens is 156 g/mol. The molecule has 68 valence electrons. The van der Waals surface area contributed by atoms with Crippen LogP contribution in [-0.2, 0) is 9.47 Å². The van der Waals surface area contributed by atoms with Gasteiger partial charge in [-0.25, -0.2) is 0 Å². The molecule has 0 spiro atoms. The van der Waals surface area contributed by atoms with Gasteiger partial charge >= 0.3 is 0 Å². The van der Waals surface area contributed by atoms with Crippen molar-refractivity contribution < 1.29 is 13.9 Å². The number of methoxy groups -OCH3 is 2. The van der Waals surface area contributed by atoms with Crippen LogP contribution in [0.15, 0.2) is 22.8 Å². The molecule has 0 saturated heterocycles. The molecule has 0 aliphatic rings. The third-order valence-electron chi connectivity index (χ3n) is 1.68. The van der Waals surface area contributed by atoms with Gasteiger partial charge in [-0.05, 0) is 12.1 Å². The molecule has 0 unspecified atom stereocenters. The van der Waals surface area contributed by atoms with E-state index in [1.807, 2.05) is 12.1 Å². The molecule has 0 bridgehead atoms. The quantitative estimate of drug-likeness (QED) is 0.673. The van der Waals surface area contributed by atoms with Crippen molar-refractivity contribution in [3.8, 4) is 0 Å². The molecule has 3 heteroatoms. The molecule has 0 saturated carbocycles. The molecule has 1 aromatic rings. The van der Waals surface area contributed by atoms with Crippen LogP contribution in [0, 0.1) is 0 Å². The maximum atomic E-state index is 5.24. The van der Waals surface area contributed by atoms with Crippen molar-refractivity contribution in [2.75, 3.05) is 27.4 Å². The fraction of sp³-hybridized carbons (Fsp3) is 0.556. The second-order valence-corrected chi connectivity index (χ2v) is 2.62. The minimum atomic E-state index is 0.204. The number of furan rings is 1. The Labute approximate surface area is 72.3 Å². The van der Waals surface area contributed by atoms with Crippen LogP contribution < -0.4 is 0 Å².